The summed E-state index contributed by atoms with van der Waals surface area (Å²) in [4.78, 5) is 29.7. The minimum atomic E-state index is -0.269. The van der Waals surface area contributed by atoms with Crippen molar-refractivity contribution in [1.29, 1.82) is 0 Å². The van der Waals surface area contributed by atoms with E-state index in [0.29, 0.717) is 48.1 Å². The van der Waals surface area contributed by atoms with Crippen molar-refractivity contribution in [2.75, 3.05) is 7.05 Å². The summed E-state index contributed by atoms with van der Waals surface area (Å²) in [5.74, 6) is 0.342. The van der Waals surface area contributed by atoms with Gasteiger partial charge >= 0.3 is 0 Å². The number of benzene rings is 1. The van der Waals surface area contributed by atoms with Crippen LogP contribution < -0.4 is 16.2 Å². The van der Waals surface area contributed by atoms with Gasteiger partial charge in [-0.3, -0.25) is 9.59 Å². The van der Waals surface area contributed by atoms with Crippen molar-refractivity contribution < 1.29 is 9.21 Å². The molecule has 3 rings (SSSR count). The van der Waals surface area contributed by atoms with Crippen molar-refractivity contribution in [1.82, 2.24) is 25.4 Å². The van der Waals surface area contributed by atoms with E-state index in [1.54, 1.807) is 26.3 Å². The Kier molecular flexibility index (Phi) is 7.59. The summed E-state index contributed by atoms with van der Waals surface area (Å²) < 4.78 is 6.55. The third-order valence-electron chi connectivity index (χ3n) is 4.95. The molecule has 0 aliphatic rings. The van der Waals surface area contributed by atoms with E-state index in [0.717, 1.165) is 16.8 Å². The number of nitrogens with one attached hydrogen (secondary N) is 2. The number of aromatic nitrogens is 3. The maximum Gasteiger partial charge on any atom is 0.270 e. The lowest BCUT2D eigenvalue weighted by molar-refractivity contribution is -0.120. The summed E-state index contributed by atoms with van der Waals surface area (Å²) in [5, 5.41) is 10.8. The van der Waals surface area contributed by atoms with Gasteiger partial charge in [0.1, 0.15) is 6.26 Å². The Bertz CT molecular complexity index is 1120. The molecule has 0 radical (unpaired) electrons. The molecule has 164 valence electrons. The van der Waals surface area contributed by atoms with Gasteiger partial charge in [-0.1, -0.05) is 17.7 Å². The van der Waals surface area contributed by atoms with Gasteiger partial charge < -0.3 is 15.1 Å². The molecule has 0 bridgehead atoms. The second-order valence-corrected chi connectivity index (χ2v) is 7.78. The summed E-state index contributed by atoms with van der Waals surface area (Å²) in [6, 6.07) is 5.59. The van der Waals surface area contributed by atoms with Gasteiger partial charge in [-0.05, 0) is 42.8 Å². The van der Waals surface area contributed by atoms with Gasteiger partial charge in [0, 0.05) is 37.0 Å². The number of amides is 1. The minimum absolute atomic E-state index is 0.0157. The Labute approximate surface area is 185 Å². The van der Waals surface area contributed by atoms with E-state index in [1.807, 2.05) is 25.2 Å². The minimum Gasteiger partial charge on any atom is -0.449 e. The SMILES string of the molecule is CNCc1ccc(Cl)cc1CNC(=O)Cc1c(C)cnn(CCc2coc(C)n2)c1=O. The van der Waals surface area contributed by atoms with Crippen LogP contribution in [0, 0.1) is 13.8 Å². The molecule has 8 nitrogen and oxygen atoms in total. The van der Waals surface area contributed by atoms with E-state index >= 15 is 0 Å². The highest BCUT2D eigenvalue weighted by atomic mass is 35.5. The van der Waals surface area contributed by atoms with Crippen molar-refractivity contribution in [2.24, 2.45) is 0 Å². The van der Waals surface area contributed by atoms with Gasteiger partial charge in [0.25, 0.3) is 5.56 Å². The molecular formula is C22H26ClN5O3. The quantitative estimate of drug-likeness (QED) is 0.526. The van der Waals surface area contributed by atoms with Crippen LogP contribution in [0.3, 0.4) is 0 Å². The predicted molar refractivity (Wildman–Crippen MR) is 118 cm³/mol. The third-order valence-corrected chi connectivity index (χ3v) is 5.19. The molecule has 0 saturated heterocycles. The number of rotatable bonds is 9. The Balaban J connectivity index is 1.67. The monoisotopic (exact) mass is 443 g/mol. The zero-order chi connectivity index (χ0) is 22.4. The van der Waals surface area contributed by atoms with Crippen LogP contribution in [-0.4, -0.2) is 27.7 Å². The van der Waals surface area contributed by atoms with Crippen LogP contribution in [0.5, 0.6) is 0 Å². The van der Waals surface area contributed by atoms with Crippen LogP contribution in [-0.2, 0) is 37.3 Å². The molecule has 0 spiro atoms. The van der Waals surface area contributed by atoms with Crippen molar-refractivity contribution in [3.63, 3.8) is 0 Å². The summed E-state index contributed by atoms with van der Waals surface area (Å²) in [5.41, 5.74) is 3.59. The zero-order valence-corrected chi connectivity index (χ0v) is 18.6. The van der Waals surface area contributed by atoms with E-state index in [-0.39, 0.29) is 17.9 Å². The first kappa shape index (κ1) is 22.7. The first-order valence-electron chi connectivity index (χ1n) is 10.0. The number of hydrogen-bond donors (Lipinski definition) is 2. The van der Waals surface area contributed by atoms with Crippen LogP contribution >= 0.6 is 11.6 Å². The summed E-state index contributed by atoms with van der Waals surface area (Å²) in [6.07, 6.45) is 3.68. The normalized spacial score (nSPS) is 11.0. The van der Waals surface area contributed by atoms with Crippen molar-refractivity contribution in [3.8, 4) is 0 Å². The maximum absolute atomic E-state index is 12.9. The van der Waals surface area contributed by atoms with Crippen LogP contribution in [0.15, 0.2) is 39.9 Å². The third kappa shape index (κ3) is 6.02. The van der Waals surface area contributed by atoms with Crippen LogP contribution in [0.2, 0.25) is 5.02 Å². The van der Waals surface area contributed by atoms with Crippen molar-refractivity contribution in [3.05, 3.63) is 79.9 Å². The highest BCUT2D eigenvalue weighted by Gasteiger charge is 2.14. The molecule has 1 amide bonds. The highest BCUT2D eigenvalue weighted by Crippen LogP contribution is 2.16. The maximum atomic E-state index is 12.9. The standard InChI is InChI=1S/C22H26ClN5O3/c1-14-10-26-28(7-6-19-13-31-15(2)27-19)22(30)20(14)9-21(29)25-12-17-8-18(23)5-4-16(17)11-24-3/h4-5,8,10,13,24H,6-7,9,11-12H2,1-3H3,(H,25,29). The molecule has 31 heavy (non-hydrogen) atoms. The molecule has 2 N–H and O–H groups in total. The van der Waals surface area contributed by atoms with Gasteiger partial charge in [0.2, 0.25) is 5.91 Å². The smallest absolute Gasteiger partial charge is 0.270 e. The second kappa shape index (κ2) is 10.4. The lowest BCUT2D eigenvalue weighted by Gasteiger charge is -2.12. The first-order valence-corrected chi connectivity index (χ1v) is 10.4. The highest BCUT2D eigenvalue weighted by molar-refractivity contribution is 6.30. The number of halogens is 1. The fraction of sp³-hybridized carbons (Fsp3) is 0.364. The van der Waals surface area contributed by atoms with E-state index in [9.17, 15) is 9.59 Å². The Morgan fingerprint density at radius 1 is 1.23 bits per heavy atom. The Hall–Kier alpha value is -2.97. The van der Waals surface area contributed by atoms with Crippen LogP contribution in [0.1, 0.15) is 33.8 Å². The largest absolute Gasteiger partial charge is 0.449 e. The van der Waals surface area contributed by atoms with Gasteiger partial charge in [-0.25, -0.2) is 9.67 Å². The zero-order valence-electron chi connectivity index (χ0n) is 17.9. The number of nitrogens with zero attached hydrogens (tertiary/aromatic N) is 3. The van der Waals surface area contributed by atoms with E-state index < -0.39 is 0 Å². The van der Waals surface area contributed by atoms with Crippen molar-refractivity contribution in [2.45, 2.75) is 46.3 Å². The summed E-state index contributed by atoms with van der Waals surface area (Å²) in [7, 11) is 1.86. The van der Waals surface area contributed by atoms with E-state index in [2.05, 4.69) is 20.7 Å². The summed E-state index contributed by atoms with van der Waals surface area (Å²) >= 11 is 6.10. The molecule has 0 aliphatic heterocycles. The number of carbonyl (C=O) groups is 1. The Morgan fingerprint density at radius 2 is 2.03 bits per heavy atom. The summed E-state index contributed by atoms with van der Waals surface area (Å²) in [6.45, 7) is 4.91. The average Bonchev–Trinajstić information content (AvgIpc) is 3.16. The Morgan fingerprint density at radius 3 is 2.74 bits per heavy atom. The number of aryl methyl sites for hydroxylation is 4. The molecule has 0 atom stereocenters. The predicted octanol–water partition coefficient (Wildman–Crippen LogP) is 2.32. The van der Waals surface area contributed by atoms with Crippen LogP contribution in [0.4, 0.5) is 0 Å². The lowest BCUT2D eigenvalue weighted by Crippen LogP contribution is -2.32. The fourth-order valence-corrected chi connectivity index (χ4v) is 3.46. The number of carbonyl (C=O) groups excluding carboxylic acids is 1. The molecule has 2 heterocycles. The van der Waals surface area contributed by atoms with Gasteiger partial charge in [0.15, 0.2) is 5.89 Å². The molecule has 0 fully saturated rings. The molecule has 0 aliphatic carbocycles. The molecule has 2 aromatic heterocycles. The molecule has 0 unspecified atom stereocenters. The van der Waals surface area contributed by atoms with Crippen molar-refractivity contribution >= 4 is 17.5 Å². The second-order valence-electron chi connectivity index (χ2n) is 7.34. The van der Waals surface area contributed by atoms with Gasteiger partial charge in [0.05, 0.1) is 24.9 Å². The molecule has 9 heteroatoms. The fourth-order valence-electron chi connectivity index (χ4n) is 3.27. The van der Waals surface area contributed by atoms with Gasteiger partial charge in [-0.2, -0.15) is 5.10 Å². The number of hydrogen-bond acceptors (Lipinski definition) is 6. The molecule has 0 saturated carbocycles. The van der Waals surface area contributed by atoms with E-state index in [1.165, 1.54) is 4.68 Å². The molecule has 3 aromatic rings. The first-order chi connectivity index (χ1) is 14.9. The van der Waals surface area contributed by atoms with Crippen LogP contribution in [0.25, 0.3) is 0 Å². The lowest BCUT2D eigenvalue weighted by atomic mass is 10.1. The van der Waals surface area contributed by atoms with E-state index in [4.69, 9.17) is 16.0 Å². The number of oxazole rings is 1. The molecular weight excluding hydrogens is 418 g/mol. The molecule has 1 aromatic carbocycles. The average molecular weight is 444 g/mol. The topological polar surface area (TPSA) is 102 Å². The van der Waals surface area contributed by atoms with Gasteiger partial charge in [-0.15, -0.1) is 0 Å².